The van der Waals surface area contributed by atoms with Crippen LogP contribution in [0.2, 0.25) is 0 Å². The molecule has 3 rings (SSSR count). The van der Waals surface area contributed by atoms with Gasteiger partial charge in [0.25, 0.3) is 0 Å². The number of piperazine rings is 1. The molecule has 1 unspecified atom stereocenters. The number of likely N-dealkylation sites (tertiary alicyclic amines) is 1. The van der Waals surface area contributed by atoms with Gasteiger partial charge in [0, 0.05) is 38.6 Å². The van der Waals surface area contributed by atoms with E-state index in [1.807, 2.05) is 9.80 Å². The Balaban J connectivity index is 1.54. The van der Waals surface area contributed by atoms with E-state index in [1.165, 1.54) is 13.2 Å². The van der Waals surface area contributed by atoms with Gasteiger partial charge in [0.05, 0.1) is 13.7 Å². The lowest BCUT2D eigenvalue weighted by molar-refractivity contribution is -0.140. The van der Waals surface area contributed by atoms with Crippen LogP contribution in [0.5, 0.6) is 5.75 Å². The van der Waals surface area contributed by atoms with Crippen LogP contribution in [-0.4, -0.2) is 67.5 Å². The number of halogens is 1. The molecule has 2 heterocycles. The summed E-state index contributed by atoms with van der Waals surface area (Å²) in [5, 5.41) is 3.08. The van der Waals surface area contributed by atoms with E-state index in [2.05, 4.69) is 5.32 Å². The summed E-state index contributed by atoms with van der Waals surface area (Å²) in [4.78, 5) is 28.4. The third-order valence-electron chi connectivity index (χ3n) is 5.16. The fourth-order valence-corrected chi connectivity index (χ4v) is 3.72. The highest BCUT2D eigenvalue weighted by molar-refractivity contribution is 5.80. The van der Waals surface area contributed by atoms with Crippen LogP contribution in [0, 0.1) is 5.82 Å². The molecule has 0 aliphatic carbocycles. The Morgan fingerprint density at radius 2 is 2.23 bits per heavy atom. The van der Waals surface area contributed by atoms with E-state index in [0.717, 1.165) is 31.5 Å². The van der Waals surface area contributed by atoms with E-state index >= 15 is 0 Å². The quantitative estimate of drug-likeness (QED) is 0.854. The maximum atomic E-state index is 13.8. The van der Waals surface area contributed by atoms with Gasteiger partial charge in [-0.25, -0.2) is 4.39 Å². The second-order valence-corrected chi connectivity index (χ2v) is 6.87. The van der Waals surface area contributed by atoms with Crippen molar-refractivity contribution in [3.8, 4) is 5.75 Å². The predicted octanol–water partition coefficient (Wildman–Crippen LogP) is 1.19. The molecule has 0 aromatic heterocycles. The smallest absolute Gasteiger partial charge is 0.236 e. The number of nitrogens with zero attached hydrogens (tertiary/aromatic N) is 2. The van der Waals surface area contributed by atoms with Gasteiger partial charge in [0.1, 0.15) is 0 Å². The first kappa shape index (κ1) is 18.6. The molecule has 2 aliphatic rings. The molecule has 2 amide bonds. The summed E-state index contributed by atoms with van der Waals surface area (Å²) in [5.41, 5.74) is 0.780. The van der Waals surface area contributed by atoms with Crippen LogP contribution in [0.1, 0.15) is 24.8 Å². The highest BCUT2D eigenvalue weighted by Crippen LogP contribution is 2.20. The third kappa shape index (κ3) is 4.33. The van der Waals surface area contributed by atoms with Crippen molar-refractivity contribution in [1.82, 2.24) is 15.1 Å². The Morgan fingerprint density at radius 3 is 2.96 bits per heavy atom. The lowest BCUT2D eigenvalue weighted by Gasteiger charge is -2.41. The van der Waals surface area contributed by atoms with Crippen LogP contribution in [0.4, 0.5) is 4.39 Å². The summed E-state index contributed by atoms with van der Waals surface area (Å²) in [5.74, 6) is -0.0230. The molecule has 0 bridgehead atoms. The largest absolute Gasteiger partial charge is 0.494 e. The number of nitrogens with one attached hydrogen (secondary N) is 1. The number of piperidine rings is 1. The normalized spacial score (nSPS) is 21.0. The Bertz CT molecular complexity index is 667. The summed E-state index contributed by atoms with van der Waals surface area (Å²) in [7, 11) is 1.43. The molecule has 0 spiro atoms. The van der Waals surface area contributed by atoms with Crippen molar-refractivity contribution in [3.63, 3.8) is 0 Å². The van der Waals surface area contributed by atoms with E-state index < -0.39 is 5.82 Å². The fourth-order valence-electron chi connectivity index (χ4n) is 3.72. The minimum Gasteiger partial charge on any atom is -0.494 e. The SMILES string of the molecule is COc1ccc(CCC(=O)N2CCCC(N3CCNCC3=O)C2)cc1F. The fraction of sp³-hybridized carbons (Fsp3) is 0.579. The van der Waals surface area contributed by atoms with Gasteiger partial charge in [-0.15, -0.1) is 0 Å². The summed E-state index contributed by atoms with van der Waals surface area (Å²) in [6.07, 6.45) is 2.69. The van der Waals surface area contributed by atoms with E-state index in [0.29, 0.717) is 32.5 Å². The van der Waals surface area contributed by atoms with E-state index in [9.17, 15) is 14.0 Å². The molecule has 7 heteroatoms. The number of carbonyl (C=O) groups is 2. The van der Waals surface area contributed by atoms with Crippen LogP contribution < -0.4 is 10.1 Å². The molecule has 0 radical (unpaired) electrons. The summed E-state index contributed by atoms with van der Waals surface area (Å²) in [6, 6.07) is 4.90. The van der Waals surface area contributed by atoms with E-state index in [1.54, 1.807) is 12.1 Å². The first-order valence-corrected chi connectivity index (χ1v) is 9.19. The molecule has 26 heavy (non-hydrogen) atoms. The second-order valence-electron chi connectivity index (χ2n) is 6.87. The number of methoxy groups -OCH3 is 1. The van der Waals surface area contributed by atoms with Crippen LogP contribution >= 0.6 is 0 Å². The number of ether oxygens (including phenoxy) is 1. The molecule has 6 nitrogen and oxygen atoms in total. The van der Waals surface area contributed by atoms with Gasteiger partial charge in [0.2, 0.25) is 11.8 Å². The van der Waals surface area contributed by atoms with Crippen LogP contribution in [0.3, 0.4) is 0 Å². The van der Waals surface area contributed by atoms with Gasteiger partial charge in [-0.1, -0.05) is 6.07 Å². The lowest BCUT2D eigenvalue weighted by Crippen LogP contribution is -2.57. The van der Waals surface area contributed by atoms with Gasteiger partial charge in [-0.05, 0) is 37.0 Å². The first-order chi connectivity index (χ1) is 12.6. The van der Waals surface area contributed by atoms with Crippen molar-refractivity contribution < 1.29 is 18.7 Å². The van der Waals surface area contributed by atoms with Crippen molar-refractivity contribution in [2.75, 3.05) is 39.8 Å². The number of aryl methyl sites for hydroxylation is 1. The minimum atomic E-state index is -0.410. The van der Waals surface area contributed by atoms with Crippen LogP contribution in [-0.2, 0) is 16.0 Å². The highest BCUT2D eigenvalue weighted by Gasteiger charge is 2.31. The maximum Gasteiger partial charge on any atom is 0.236 e. The molecule has 2 saturated heterocycles. The van der Waals surface area contributed by atoms with E-state index in [-0.39, 0.29) is 23.6 Å². The average molecular weight is 363 g/mol. The van der Waals surface area contributed by atoms with Gasteiger partial charge in [0.15, 0.2) is 11.6 Å². The predicted molar refractivity (Wildman–Crippen MR) is 95.5 cm³/mol. The van der Waals surface area contributed by atoms with Crippen molar-refractivity contribution in [1.29, 1.82) is 0 Å². The number of benzene rings is 1. The number of hydrogen-bond acceptors (Lipinski definition) is 4. The molecule has 2 aliphatic heterocycles. The number of rotatable bonds is 5. The standard InChI is InChI=1S/C19H26FN3O3/c1-26-17-6-4-14(11-16(17)20)5-7-18(24)22-9-2-3-15(13-22)23-10-8-21-12-19(23)25/h4,6,11,15,21H,2-3,5,7-10,12-13H2,1H3. The molecule has 0 saturated carbocycles. The average Bonchev–Trinajstić information content (AvgIpc) is 2.66. The second kappa shape index (κ2) is 8.49. The van der Waals surface area contributed by atoms with Crippen LogP contribution in [0.15, 0.2) is 18.2 Å². The minimum absolute atomic E-state index is 0.0634. The molecule has 1 atom stereocenters. The van der Waals surface area contributed by atoms with Crippen molar-refractivity contribution in [2.45, 2.75) is 31.7 Å². The third-order valence-corrected chi connectivity index (χ3v) is 5.16. The van der Waals surface area contributed by atoms with Gasteiger partial charge >= 0.3 is 0 Å². The number of carbonyl (C=O) groups excluding carboxylic acids is 2. The zero-order valence-corrected chi connectivity index (χ0v) is 15.2. The van der Waals surface area contributed by atoms with Gasteiger partial charge in [-0.2, -0.15) is 0 Å². The molecular formula is C19H26FN3O3. The summed E-state index contributed by atoms with van der Waals surface area (Å²) in [6.45, 7) is 3.22. The summed E-state index contributed by atoms with van der Waals surface area (Å²) < 4.78 is 18.7. The molecule has 1 N–H and O–H groups in total. The van der Waals surface area contributed by atoms with Crippen LogP contribution in [0.25, 0.3) is 0 Å². The molecule has 1 aromatic rings. The monoisotopic (exact) mass is 363 g/mol. The summed E-state index contributed by atoms with van der Waals surface area (Å²) >= 11 is 0. The Morgan fingerprint density at radius 1 is 1.38 bits per heavy atom. The van der Waals surface area contributed by atoms with Gasteiger partial charge in [-0.3, -0.25) is 9.59 Å². The molecule has 142 valence electrons. The molecule has 1 aromatic carbocycles. The maximum absolute atomic E-state index is 13.8. The zero-order valence-electron chi connectivity index (χ0n) is 15.2. The first-order valence-electron chi connectivity index (χ1n) is 9.19. The lowest BCUT2D eigenvalue weighted by atomic mass is 10.0. The Hall–Kier alpha value is -2.15. The van der Waals surface area contributed by atoms with Crippen molar-refractivity contribution in [2.24, 2.45) is 0 Å². The number of amides is 2. The van der Waals surface area contributed by atoms with Crippen molar-refractivity contribution in [3.05, 3.63) is 29.6 Å². The highest BCUT2D eigenvalue weighted by atomic mass is 19.1. The van der Waals surface area contributed by atoms with Gasteiger partial charge < -0.3 is 19.9 Å². The Kier molecular flexibility index (Phi) is 6.08. The van der Waals surface area contributed by atoms with Crippen molar-refractivity contribution >= 4 is 11.8 Å². The number of hydrogen-bond donors (Lipinski definition) is 1. The topological polar surface area (TPSA) is 61.9 Å². The van der Waals surface area contributed by atoms with E-state index in [4.69, 9.17) is 4.74 Å². The zero-order chi connectivity index (χ0) is 18.5. The molecular weight excluding hydrogens is 337 g/mol. The Labute approximate surface area is 153 Å². The molecule has 2 fully saturated rings.